The number of nitriles is 1. The monoisotopic (exact) mass is 392 g/mol. The lowest BCUT2D eigenvalue weighted by atomic mass is 10.2. The molecule has 0 fully saturated rings. The molecule has 0 N–H and O–H groups in total. The zero-order valence-electron chi connectivity index (χ0n) is 15.4. The molecule has 0 atom stereocenters. The van der Waals surface area contributed by atoms with Crippen molar-refractivity contribution in [3.05, 3.63) is 90.0 Å². The molecule has 0 heterocycles. The fraction of sp³-hybridized carbons (Fsp3) is 0.136. The summed E-state index contributed by atoms with van der Waals surface area (Å²) in [5.74, 6) is 0.583. The van der Waals surface area contributed by atoms with Gasteiger partial charge in [0.05, 0.1) is 28.8 Å². The van der Waals surface area contributed by atoms with Gasteiger partial charge in [-0.1, -0.05) is 30.3 Å². The van der Waals surface area contributed by atoms with Crippen LogP contribution in [0, 0.1) is 18.3 Å². The van der Waals surface area contributed by atoms with E-state index < -0.39 is 10.0 Å². The van der Waals surface area contributed by atoms with Crippen molar-refractivity contribution >= 4 is 15.7 Å². The van der Waals surface area contributed by atoms with Crippen molar-refractivity contribution in [2.75, 3.05) is 17.5 Å². The normalized spacial score (nSPS) is 10.9. The number of hydrogen-bond acceptors (Lipinski definition) is 4. The van der Waals surface area contributed by atoms with Crippen molar-refractivity contribution in [1.29, 1.82) is 5.26 Å². The van der Waals surface area contributed by atoms with E-state index in [0.29, 0.717) is 17.0 Å². The molecule has 0 saturated heterocycles. The molecule has 0 saturated carbocycles. The molecule has 0 aliphatic carbocycles. The highest BCUT2D eigenvalue weighted by Gasteiger charge is 2.25. The van der Waals surface area contributed by atoms with Gasteiger partial charge >= 0.3 is 0 Å². The molecule has 0 amide bonds. The van der Waals surface area contributed by atoms with Gasteiger partial charge in [0.1, 0.15) is 12.4 Å². The first kappa shape index (κ1) is 19.5. The zero-order chi connectivity index (χ0) is 20.0. The second-order valence-electron chi connectivity index (χ2n) is 6.21. The van der Waals surface area contributed by atoms with Crippen molar-refractivity contribution in [3.63, 3.8) is 0 Å². The molecule has 0 spiro atoms. The molecule has 142 valence electrons. The van der Waals surface area contributed by atoms with Crippen LogP contribution >= 0.6 is 0 Å². The van der Waals surface area contributed by atoms with E-state index >= 15 is 0 Å². The number of hydrogen-bond donors (Lipinski definition) is 0. The van der Waals surface area contributed by atoms with Gasteiger partial charge in [-0.3, -0.25) is 4.31 Å². The highest BCUT2D eigenvalue weighted by atomic mass is 32.2. The predicted octanol–water partition coefficient (Wildman–Crippen LogP) is 4.14. The van der Waals surface area contributed by atoms with Gasteiger partial charge < -0.3 is 4.74 Å². The number of sulfonamides is 1. The second-order valence-corrected chi connectivity index (χ2v) is 8.08. The number of para-hydroxylation sites is 1. The summed E-state index contributed by atoms with van der Waals surface area (Å²) in [5.41, 5.74) is 2.00. The number of ether oxygens (including phenoxy) is 1. The third-order valence-electron chi connectivity index (χ3n) is 4.17. The molecule has 3 aromatic carbocycles. The molecule has 0 aromatic heterocycles. The lowest BCUT2D eigenvalue weighted by Gasteiger charge is -2.24. The molecule has 3 aromatic rings. The Kier molecular flexibility index (Phi) is 5.97. The number of nitrogens with zero attached hydrogens (tertiary/aromatic N) is 2. The van der Waals surface area contributed by atoms with Crippen molar-refractivity contribution in [3.8, 4) is 11.8 Å². The van der Waals surface area contributed by atoms with Crippen LogP contribution in [0.5, 0.6) is 5.75 Å². The molecule has 0 unspecified atom stereocenters. The average molecular weight is 392 g/mol. The van der Waals surface area contributed by atoms with E-state index in [1.165, 1.54) is 4.31 Å². The lowest BCUT2D eigenvalue weighted by Crippen LogP contribution is -2.34. The molecule has 0 bridgehead atoms. The minimum Gasteiger partial charge on any atom is -0.492 e. The smallest absolute Gasteiger partial charge is 0.264 e. The largest absolute Gasteiger partial charge is 0.492 e. The van der Waals surface area contributed by atoms with Gasteiger partial charge in [-0.25, -0.2) is 8.42 Å². The molecule has 28 heavy (non-hydrogen) atoms. The summed E-state index contributed by atoms with van der Waals surface area (Å²) in [6.45, 7) is 2.19. The zero-order valence-corrected chi connectivity index (χ0v) is 16.3. The Bertz CT molecular complexity index is 1070. The Labute approximate surface area is 165 Å². The minimum atomic E-state index is -3.73. The maximum atomic E-state index is 13.2. The van der Waals surface area contributed by atoms with Crippen LogP contribution in [0.3, 0.4) is 0 Å². The standard InChI is InChI=1S/C22H20N2O3S/c1-18-6-5-9-22(16-18)28(25,26)24(20-7-3-2-4-8-20)14-15-27-21-12-10-19(17-23)11-13-21/h2-13,16H,14-15H2,1H3. The summed E-state index contributed by atoms with van der Waals surface area (Å²) < 4.78 is 33.5. The van der Waals surface area contributed by atoms with E-state index in [1.807, 2.05) is 25.1 Å². The fourth-order valence-electron chi connectivity index (χ4n) is 2.76. The molecule has 5 nitrogen and oxygen atoms in total. The second kappa shape index (κ2) is 8.59. The van der Waals surface area contributed by atoms with Crippen molar-refractivity contribution in [2.24, 2.45) is 0 Å². The summed E-state index contributed by atoms with van der Waals surface area (Å²) in [4.78, 5) is 0.245. The summed E-state index contributed by atoms with van der Waals surface area (Å²) in [5, 5.41) is 8.86. The molecule has 6 heteroatoms. The summed E-state index contributed by atoms with van der Waals surface area (Å²) in [6.07, 6.45) is 0. The number of anilines is 1. The van der Waals surface area contributed by atoms with Gasteiger partial charge in [0.15, 0.2) is 0 Å². The lowest BCUT2D eigenvalue weighted by molar-refractivity contribution is 0.328. The van der Waals surface area contributed by atoms with Gasteiger partial charge in [-0.2, -0.15) is 5.26 Å². The van der Waals surface area contributed by atoms with E-state index in [1.54, 1.807) is 66.7 Å². The number of benzene rings is 3. The maximum Gasteiger partial charge on any atom is 0.264 e. The van der Waals surface area contributed by atoms with E-state index in [2.05, 4.69) is 0 Å². The predicted molar refractivity (Wildman–Crippen MR) is 109 cm³/mol. The summed E-state index contributed by atoms with van der Waals surface area (Å²) >= 11 is 0. The Balaban J connectivity index is 1.82. The van der Waals surface area contributed by atoms with Crippen LogP contribution in [0.25, 0.3) is 0 Å². The highest BCUT2D eigenvalue weighted by Crippen LogP contribution is 2.24. The van der Waals surface area contributed by atoms with Crippen molar-refractivity contribution in [2.45, 2.75) is 11.8 Å². The van der Waals surface area contributed by atoms with Crippen LogP contribution in [0.4, 0.5) is 5.69 Å². The Hall–Kier alpha value is -3.30. The van der Waals surface area contributed by atoms with Gasteiger partial charge in [-0.05, 0) is 61.0 Å². The molecular formula is C22H20N2O3S. The first-order valence-corrected chi connectivity index (χ1v) is 10.2. The van der Waals surface area contributed by atoms with Crippen LogP contribution in [0.1, 0.15) is 11.1 Å². The first-order valence-electron chi connectivity index (χ1n) is 8.78. The van der Waals surface area contributed by atoms with Gasteiger partial charge in [0, 0.05) is 0 Å². The van der Waals surface area contributed by atoms with Crippen LogP contribution in [-0.2, 0) is 10.0 Å². The molecule has 3 rings (SSSR count). The molecule has 0 radical (unpaired) electrons. The van der Waals surface area contributed by atoms with Crippen molar-refractivity contribution < 1.29 is 13.2 Å². The molecule has 0 aliphatic rings. The van der Waals surface area contributed by atoms with Gasteiger partial charge in [-0.15, -0.1) is 0 Å². The Morgan fingerprint density at radius 1 is 0.964 bits per heavy atom. The summed E-state index contributed by atoms with van der Waals surface area (Å²) in [7, 11) is -3.73. The fourth-order valence-corrected chi connectivity index (χ4v) is 4.31. The number of aryl methyl sites for hydroxylation is 1. The quantitative estimate of drug-likeness (QED) is 0.606. The van der Waals surface area contributed by atoms with Crippen LogP contribution in [0.2, 0.25) is 0 Å². The van der Waals surface area contributed by atoms with E-state index in [4.69, 9.17) is 10.00 Å². The average Bonchev–Trinajstić information content (AvgIpc) is 2.72. The van der Waals surface area contributed by atoms with Crippen molar-refractivity contribution in [1.82, 2.24) is 0 Å². The molecular weight excluding hydrogens is 372 g/mol. The first-order chi connectivity index (χ1) is 13.5. The van der Waals surface area contributed by atoms with E-state index in [0.717, 1.165) is 5.56 Å². The van der Waals surface area contributed by atoms with Gasteiger partial charge in [0.25, 0.3) is 10.0 Å². The SMILES string of the molecule is Cc1cccc(S(=O)(=O)N(CCOc2ccc(C#N)cc2)c2ccccc2)c1. The maximum absolute atomic E-state index is 13.2. The Morgan fingerprint density at radius 3 is 2.32 bits per heavy atom. The highest BCUT2D eigenvalue weighted by molar-refractivity contribution is 7.92. The summed E-state index contributed by atoms with van der Waals surface area (Å²) in [6, 6.07) is 24.6. The molecule has 0 aliphatic heterocycles. The topological polar surface area (TPSA) is 70.4 Å². The van der Waals surface area contributed by atoms with Crippen LogP contribution in [0.15, 0.2) is 83.8 Å². The van der Waals surface area contributed by atoms with Crippen LogP contribution in [-0.4, -0.2) is 21.6 Å². The van der Waals surface area contributed by atoms with Gasteiger partial charge in [0.2, 0.25) is 0 Å². The third-order valence-corrected chi connectivity index (χ3v) is 5.99. The number of rotatable bonds is 7. The minimum absolute atomic E-state index is 0.153. The Morgan fingerprint density at radius 2 is 1.68 bits per heavy atom. The van der Waals surface area contributed by atoms with Crippen LogP contribution < -0.4 is 9.04 Å². The third kappa shape index (κ3) is 4.51. The van der Waals surface area contributed by atoms with E-state index in [9.17, 15) is 8.42 Å². The van der Waals surface area contributed by atoms with E-state index in [-0.39, 0.29) is 18.0 Å².